The van der Waals surface area contributed by atoms with E-state index >= 15 is 0 Å². The van der Waals surface area contributed by atoms with Gasteiger partial charge in [-0.05, 0) is 43.3 Å². The Kier molecular flexibility index (Phi) is 6.93. The summed E-state index contributed by atoms with van der Waals surface area (Å²) in [7, 11) is -1.48. The maximum atomic E-state index is 14.7. The molecule has 32 heavy (non-hydrogen) atoms. The van der Waals surface area contributed by atoms with Gasteiger partial charge in [0.1, 0.15) is 9.92 Å². The van der Waals surface area contributed by atoms with E-state index in [4.69, 9.17) is 11.6 Å². The lowest BCUT2D eigenvalue weighted by molar-refractivity contribution is -0.242. The lowest BCUT2D eigenvalue weighted by Crippen LogP contribution is -2.52. The summed E-state index contributed by atoms with van der Waals surface area (Å²) in [5, 5.41) is 10.0. The number of carbonyl (C=O) groups excluding carboxylic acids is 2. The van der Waals surface area contributed by atoms with E-state index in [2.05, 4.69) is 0 Å². The number of hydrogen-bond acceptors (Lipinski definition) is 5. The highest BCUT2D eigenvalue weighted by Gasteiger charge is 2.55. The summed E-state index contributed by atoms with van der Waals surface area (Å²) in [6, 6.07) is 6.09. The third-order valence-corrected chi connectivity index (χ3v) is 6.55. The topological polar surface area (TPSA) is 104 Å². The smallest absolute Gasteiger partial charge is 0.373 e. The van der Waals surface area contributed by atoms with Crippen molar-refractivity contribution in [2.75, 3.05) is 19.4 Å². The molecular formula is C19H17ClF4N2O5S. The number of nitrogens with zero attached hydrogens (tertiary/aromatic N) is 1. The van der Waals surface area contributed by atoms with E-state index in [1.807, 2.05) is 0 Å². The Hall–Kier alpha value is -2.70. The molecule has 0 saturated heterocycles. The van der Waals surface area contributed by atoms with Crippen LogP contribution >= 0.6 is 11.6 Å². The number of amides is 2. The van der Waals surface area contributed by atoms with Crippen LogP contribution in [0, 0.1) is 5.82 Å². The second-order valence-electron chi connectivity index (χ2n) is 6.99. The summed E-state index contributed by atoms with van der Waals surface area (Å²) in [6.45, 7) is 0.191. The molecule has 0 aliphatic carbocycles. The van der Waals surface area contributed by atoms with Gasteiger partial charge in [0.25, 0.3) is 11.8 Å². The maximum Gasteiger partial charge on any atom is 0.426 e. The number of benzene rings is 2. The van der Waals surface area contributed by atoms with Gasteiger partial charge in [0, 0.05) is 19.7 Å². The predicted octanol–water partition coefficient (Wildman–Crippen LogP) is 3.27. The van der Waals surface area contributed by atoms with Crippen LogP contribution in [0.3, 0.4) is 0 Å². The fourth-order valence-electron chi connectivity index (χ4n) is 2.37. The van der Waals surface area contributed by atoms with Crippen molar-refractivity contribution in [3.8, 4) is 0 Å². The van der Waals surface area contributed by atoms with Crippen molar-refractivity contribution in [3.63, 3.8) is 0 Å². The first-order valence-corrected chi connectivity index (χ1v) is 10.5. The van der Waals surface area contributed by atoms with Crippen molar-refractivity contribution in [1.29, 1.82) is 0 Å². The minimum Gasteiger partial charge on any atom is -0.373 e. The van der Waals surface area contributed by atoms with Crippen molar-refractivity contribution in [2.45, 2.75) is 28.5 Å². The summed E-state index contributed by atoms with van der Waals surface area (Å²) >= 11 is 5.73. The Labute approximate surface area is 185 Å². The number of nitrogens with one attached hydrogen (secondary N) is 1. The van der Waals surface area contributed by atoms with Gasteiger partial charge in [-0.25, -0.2) is 12.8 Å². The van der Waals surface area contributed by atoms with Gasteiger partial charge in [-0.2, -0.15) is 13.2 Å². The van der Waals surface area contributed by atoms with Crippen LogP contribution in [0.2, 0.25) is 5.02 Å². The molecule has 0 aliphatic rings. The van der Waals surface area contributed by atoms with E-state index in [0.29, 0.717) is 6.07 Å². The number of halogens is 5. The van der Waals surface area contributed by atoms with Crippen LogP contribution in [0.15, 0.2) is 46.2 Å². The van der Waals surface area contributed by atoms with Crippen LogP contribution in [-0.4, -0.2) is 56.1 Å². The minimum atomic E-state index is -5.33. The largest absolute Gasteiger partial charge is 0.426 e. The molecule has 2 amide bonds. The zero-order valence-corrected chi connectivity index (χ0v) is 18.4. The predicted molar refractivity (Wildman–Crippen MR) is 107 cm³/mol. The van der Waals surface area contributed by atoms with Crippen LogP contribution in [0.5, 0.6) is 0 Å². The molecule has 2 aromatic carbocycles. The lowest BCUT2D eigenvalue weighted by atomic mass is 10.1. The molecule has 7 nitrogen and oxygen atoms in total. The first-order chi connectivity index (χ1) is 14.5. The fraction of sp³-hybridized carbons (Fsp3) is 0.263. The number of aliphatic hydroxyl groups is 1. The van der Waals surface area contributed by atoms with E-state index in [-0.39, 0.29) is 17.4 Å². The number of rotatable bonds is 5. The van der Waals surface area contributed by atoms with Crippen molar-refractivity contribution in [1.82, 2.24) is 4.90 Å². The van der Waals surface area contributed by atoms with Crippen LogP contribution in [-0.2, 0) is 14.6 Å². The summed E-state index contributed by atoms with van der Waals surface area (Å²) in [4.78, 5) is 23.7. The van der Waals surface area contributed by atoms with Gasteiger partial charge in [0.2, 0.25) is 15.4 Å². The first-order valence-electron chi connectivity index (χ1n) is 8.67. The SMILES string of the molecule is CN(C)C(=O)c1ccc(S(=O)(=O)c2ccc(NC(=O)C(C)(O)C(F)(F)F)c(Cl)c2F)cc1. The third-order valence-electron chi connectivity index (χ3n) is 4.40. The molecule has 2 rings (SSSR count). The number of anilines is 1. The Bertz CT molecular complexity index is 1160. The highest BCUT2D eigenvalue weighted by Crippen LogP contribution is 2.35. The average molecular weight is 497 g/mol. The highest BCUT2D eigenvalue weighted by atomic mass is 35.5. The molecular weight excluding hydrogens is 480 g/mol. The van der Waals surface area contributed by atoms with Crippen molar-refractivity contribution < 1.29 is 40.7 Å². The average Bonchev–Trinajstić information content (AvgIpc) is 2.69. The van der Waals surface area contributed by atoms with Crippen LogP contribution in [0.4, 0.5) is 23.2 Å². The second-order valence-corrected chi connectivity index (χ2v) is 9.29. The van der Waals surface area contributed by atoms with E-state index in [1.54, 1.807) is 5.32 Å². The van der Waals surface area contributed by atoms with Crippen LogP contribution in [0.25, 0.3) is 0 Å². The summed E-state index contributed by atoms with van der Waals surface area (Å²) in [5.74, 6) is -3.86. The monoisotopic (exact) mass is 496 g/mol. The maximum absolute atomic E-state index is 14.7. The Morgan fingerprint density at radius 2 is 1.59 bits per heavy atom. The van der Waals surface area contributed by atoms with E-state index < -0.39 is 54.9 Å². The van der Waals surface area contributed by atoms with Gasteiger partial charge in [0.15, 0.2) is 5.82 Å². The molecule has 2 aromatic rings. The first kappa shape index (κ1) is 25.6. The molecule has 1 unspecified atom stereocenters. The Balaban J connectivity index is 2.41. The van der Waals surface area contributed by atoms with Gasteiger partial charge in [-0.15, -0.1) is 0 Å². The summed E-state index contributed by atoms with van der Waals surface area (Å²) < 4.78 is 78.6. The fourth-order valence-corrected chi connectivity index (χ4v) is 3.97. The minimum absolute atomic E-state index is 0.183. The van der Waals surface area contributed by atoms with Crippen molar-refractivity contribution in [2.24, 2.45) is 0 Å². The highest BCUT2D eigenvalue weighted by molar-refractivity contribution is 7.91. The zero-order valence-electron chi connectivity index (χ0n) is 16.8. The molecule has 174 valence electrons. The van der Waals surface area contributed by atoms with Crippen molar-refractivity contribution >= 4 is 38.9 Å². The number of alkyl halides is 3. The normalized spacial score (nSPS) is 13.9. The molecule has 0 fully saturated rings. The van der Waals surface area contributed by atoms with Gasteiger partial charge < -0.3 is 15.3 Å². The molecule has 0 radical (unpaired) electrons. The number of hydrogen-bond donors (Lipinski definition) is 2. The third kappa shape index (κ3) is 4.71. The molecule has 0 aliphatic heterocycles. The van der Waals surface area contributed by atoms with Gasteiger partial charge in [-0.1, -0.05) is 11.6 Å². The summed E-state index contributed by atoms with van der Waals surface area (Å²) in [5.41, 5.74) is -4.30. The molecule has 0 saturated carbocycles. The lowest BCUT2D eigenvalue weighted by Gasteiger charge is -2.25. The van der Waals surface area contributed by atoms with Gasteiger partial charge in [0.05, 0.1) is 10.6 Å². The Morgan fingerprint density at radius 3 is 2.06 bits per heavy atom. The molecule has 0 spiro atoms. The molecule has 2 N–H and O–H groups in total. The molecule has 1 atom stereocenters. The van der Waals surface area contributed by atoms with E-state index in [9.17, 15) is 40.7 Å². The Morgan fingerprint density at radius 1 is 1.06 bits per heavy atom. The van der Waals surface area contributed by atoms with E-state index in [0.717, 1.165) is 18.2 Å². The quantitative estimate of drug-likeness (QED) is 0.618. The second kappa shape index (κ2) is 8.68. The number of carbonyl (C=O) groups is 2. The van der Waals surface area contributed by atoms with Gasteiger partial charge >= 0.3 is 6.18 Å². The molecule has 0 heterocycles. The van der Waals surface area contributed by atoms with Crippen LogP contribution in [0.1, 0.15) is 17.3 Å². The standard InChI is InChI=1S/C19H17ClF4N2O5S/c1-18(29,19(22,23)24)17(28)25-12-8-9-13(15(21)14(12)20)32(30,31)11-6-4-10(5-7-11)16(27)26(2)3/h4-9,29H,1-3H3,(H,25,28). The van der Waals surface area contributed by atoms with Crippen LogP contribution < -0.4 is 5.32 Å². The van der Waals surface area contributed by atoms with E-state index in [1.165, 1.54) is 31.1 Å². The zero-order chi connectivity index (χ0) is 24.6. The van der Waals surface area contributed by atoms with Crippen molar-refractivity contribution in [3.05, 3.63) is 52.8 Å². The number of sulfone groups is 1. The van der Waals surface area contributed by atoms with Gasteiger partial charge in [-0.3, -0.25) is 9.59 Å². The summed E-state index contributed by atoms with van der Waals surface area (Å²) in [6.07, 6.45) is -5.33. The molecule has 0 aromatic heterocycles. The molecule has 0 bridgehead atoms. The molecule has 13 heteroatoms.